The van der Waals surface area contributed by atoms with Crippen molar-refractivity contribution in [2.45, 2.75) is 19.5 Å². The number of fused-ring (bicyclic) bond motifs is 1. The molecular weight excluding hydrogens is 411 g/mol. The predicted molar refractivity (Wildman–Crippen MR) is 96.3 cm³/mol. The monoisotopic (exact) mass is 427 g/mol. The molecule has 26 heavy (non-hydrogen) atoms. The summed E-state index contributed by atoms with van der Waals surface area (Å²) in [4.78, 5) is 17.7. The SMILES string of the molecule is CC(=O)NCC1Cc2nc(Br)ccc2N(c2ccc(C(F)(F)F)cc2)C1. The van der Waals surface area contributed by atoms with Gasteiger partial charge in [0.15, 0.2) is 0 Å². The van der Waals surface area contributed by atoms with E-state index in [-0.39, 0.29) is 11.8 Å². The molecule has 1 unspecified atom stereocenters. The van der Waals surface area contributed by atoms with Crippen LogP contribution in [0.2, 0.25) is 0 Å². The smallest absolute Gasteiger partial charge is 0.356 e. The van der Waals surface area contributed by atoms with Gasteiger partial charge in [0.25, 0.3) is 0 Å². The molecule has 1 atom stereocenters. The molecule has 138 valence electrons. The van der Waals surface area contributed by atoms with E-state index in [9.17, 15) is 18.0 Å². The second kappa shape index (κ2) is 7.26. The minimum Gasteiger partial charge on any atom is -0.356 e. The van der Waals surface area contributed by atoms with Crippen LogP contribution in [0, 0.1) is 5.92 Å². The second-order valence-corrected chi connectivity index (χ2v) is 7.07. The summed E-state index contributed by atoms with van der Waals surface area (Å²) in [6.07, 6.45) is -3.68. The van der Waals surface area contributed by atoms with Crippen LogP contribution in [-0.2, 0) is 17.4 Å². The van der Waals surface area contributed by atoms with Gasteiger partial charge in [-0.15, -0.1) is 0 Å². The minimum absolute atomic E-state index is 0.107. The van der Waals surface area contributed by atoms with Gasteiger partial charge in [0, 0.05) is 25.7 Å². The van der Waals surface area contributed by atoms with Crippen LogP contribution in [0.4, 0.5) is 24.5 Å². The fraction of sp³-hybridized carbons (Fsp3) is 0.333. The fourth-order valence-electron chi connectivity index (χ4n) is 3.06. The van der Waals surface area contributed by atoms with E-state index in [4.69, 9.17) is 0 Å². The third kappa shape index (κ3) is 4.17. The Morgan fingerprint density at radius 1 is 1.27 bits per heavy atom. The number of benzene rings is 1. The summed E-state index contributed by atoms with van der Waals surface area (Å²) in [5, 5.41) is 2.81. The number of pyridine rings is 1. The van der Waals surface area contributed by atoms with Gasteiger partial charge in [-0.25, -0.2) is 4.98 Å². The Kier molecular flexibility index (Phi) is 5.22. The Balaban J connectivity index is 1.92. The Bertz CT molecular complexity index is 808. The van der Waals surface area contributed by atoms with Gasteiger partial charge < -0.3 is 10.2 Å². The summed E-state index contributed by atoms with van der Waals surface area (Å²) in [5.41, 5.74) is 1.70. The summed E-state index contributed by atoms with van der Waals surface area (Å²) < 4.78 is 39.1. The van der Waals surface area contributed by atoms with Crippen LogP contribution in [-0.4, -0.2) is 24.0 Å². The number of hydrogen-bond acceptors (Lipinski definition) is 3. The standard InChI is InChI=1S/C18H17BrF3N3O/c1-11(26)23-9-12-8-15-16(6-7-17(19)24-15)25(10-12)14-4-2-13(3-5-14)18(20,21)22/h2-7,12H,8-10H2,1H3,(H,23,26). The average Bonchev–Trinajstić information content (AvgIpc) is 2.58. The third-order valence-electron chi connectivity index (χ3n) is 4.28. The largest absolute Gasteiger partial charge is 0.416 e. The Morgan fingerprint density at radius 3 is 2.58 bits per heavy atom. The van der Waals surface area contributed by atoms with Crippen molar-refractivity contribution in [3.05, 3.63) is 52.3 Å². The Hall–Kier alpha value is -2.09. The molecule has 1 aliphatic heterocycles. The van der Waals surface area contributed by atoms with E-state index in [2.05, 4.69) is 26.2 Å². The van der Waals surface area contributed by atoms with Crippen molar-refractivity contribution >= 4 is 33.2 Å². The van der Waals surface area contributed by atoms with Crippen molar-refractivity contribution < 1.29 is 18.0 Å². The topological polar surface area (TPSA) is 45.2 Å². The summed E-state index contributed by atoms with van der Waals surface area (Å²) in [6, 6.07) is 8.81. The van der Waals surface area contributed by atoms with Gasteiger partial charge in [0.1, 0.15) is 4.60 Å². The number of carbonyl (C=O) groups excluding carboxylic acids is 1. The Labute approximate surface area is 157 Å². The van der Waals surface area contributed by atoms with Crippen LogP contribution in [0.5, 0.6) is 0 Å². The summed E-state index contributed by atoms with van der Waals surface area (Å²) in [5.74, 6) is -0.00503. The number of carbonyl (C=O) groups is 1. The van der Waals surface area contributed by atoms with E-state index in [0.717, 1.165) is 23.5 Å². The molecule has 1 aromatic carbocycles. The van der Waals surface area contributed by atoms with Gasteiger partial charge in [-0.05, 0) is 64.7 Å². The van der Waals surface area contributed by atoms with Gasteiger partial charge in [0.2, 0.25) is 5.91 Å². The molecule has 0 fully saturated rings. The highest BCUT2D eigenvalue weighted by Crippen LogP contribution is 2.37. The molecular formula is C18H17BrF3N3O. The average molecular weight is 428 g/mol. The molecule has 8 heteroatoms. The Morgan fingerprint density at radius 2 is 1.96 bits per heavy atom. The first-order valence-electron chi connectivity index (χ1n) is 8.08. The summed E-state index contributed by atoms with van der Waals surface area (Å²) in [6.45, 7) is 2.53. The fourth-order valence-corrected chi connectivity index (χ4v) is 3.40. The minimum atomic E-state index is -4.36. The lowest BCUT2D eigenvalue weighted by Gasteiger charge is -2.35. The molecule has 1 amide bonds. The van der Waals surface area contributed by atoms with Crippen LogP contribution in [0.25, 0.3) is 0 Å². The molecule has 0 radical (unpaired) electrons. The zero-order valence-corrected chi connectivity index (χ0v) is 15.6. The first kappa shape index (κ1) is 18.7. The number of rotatable bonds is 3. The van der Waals surface area contributed by atoms with Crippen LogP contribution in [0.3, 0.4) is 0 Å². The van der Waals surface area contributed by atoms with Crippen molar-refractivity contribution in [1.29, 1.82) is 0 Å². The number of nitrogens with zero attached hydrogens (tertiary/aromatic N) is 2. The number of nitrogens with one attached hydrogen (secondary N) is 1. The first-order valence-corrected chi connectivity index (χ1v) is 8.88. The van der Waals surface area contributed by atoms with Gasteiger partial charge in [0.05, 0.1) is 16.9 Å². The highest BCUT2D eigenvalue weighted by atomic mass is 79.9. The predicted octanol–water partition coefficient (Wildman–Crippen LogP) is 4.31. The van der Waals surface area contributed by atoms with Crippen molar-refractivity contribution in [3.8, 4) is 0 Å². The molecule has 2 heterocycles. The van der Waals surface area contributed by atoms with E-state index < -0.39 is 11.7 Å². The number of alkyl halides is 3. The third-order valence-corrected chi connectivity index (χ3v) is 4.72. The quantitative estimate of drug-likeness (QED) is 0.742. The van der Waals surface area contributed by atoms with Crippen LogP contribution in [0.15, 0.2) is 41.0 Å². The maximum absolute atomic E-state index is 12.8. The van der Waals surface area contributed by atoms with Gasteiger partial charge in [-0.2, -0.15) is 13.2 Å². The molecule has 0 spiro atoms. The van der Waals surface area contributed by atoms with E-state index in [1.807, 2.05) is 17.0 Å². The molecule has 1 N–H and O–H groups in total. The van der Waals surface area contributed by atoms with Crippen LogP contribution < -0.4 is 10.2 Å². The number of halogens is 4. The lowest BCUT2D eigenvalue weighted by molar-refractivity contribution is -0.137. The second-order valence-electron chi connectivity index (χ2n) is 6.26. The molecule has 4 nitrogen and oxygen atoms in total. The molecule has 0 aliphatic carbocycles. The van der Waals surface area contributed by atoms with Crippen LogP contribution >= 0.6 is 15.9 Å². The van der Waals surface area contributed by atoms with E-state index in [1.165, 1.54) is 19.1 Å². The first-order chi connectivity index (χ1) is 12.2. The maximum atomic E-state index is 12.8. The molecule has 0 saturated carbocycles. The van der Waals surface area contributed by atoms with Gasteiger partial charge >= 0.3 is 6.18 Å². The normalized spacial score (nSPS) is 17.0. The number of hydrogen-bond donors (Lipinski definition) is 1. The zero-order chi connectivity index (χ0) is 18.9. The molecule has 0 bridgehead atoms. The van der Waals surface area contributed by atoms with Crippen molar-refractivity contribution in [1.82, 2.24) is 10.3 Å². The number of amides is 1. The van der Waals surface area contributed by atoms with Crippen LogP contribution in [0.1, 0.15) is 18.2 Å². The van der Waals surface area contributed by atoms with Gasteiger partial charge in [-0.3, -0.25) is 4.79 Å². The number of aromatic nitrogens is 1. The summed E-state index contributed by atoms with van der Waals surface area (Å²) >= 11 is 3.36. The van der Waals surface area contributed by atoms with E-state index >= 15 is 0 Å². The highest BCUT2D eigenvalue weighted by Gasteiger charge is 2.31. The van der Waals surface area contributed by atoms with Crippen molar-refractivity contribution in [2.75, 3.05) is 18.0 Å². The number of anilines is 2. The highest BCUT2D eigenvalue weighted by molar-refractivity contribution is 9.10. The lowest BCUT2D eigenvalue weighted by Crippen LogP contribution is -2.39. The van der Waals surface area contributed by atoms with E-state index in [1.54, 1.807) is 0 Å². The van der Waals surface area contributed by atoms with E-state index in [0.29, 0.717) is 29.8 Å². The maximum Gasteiger partial charge on any atom is 0.416 e. The molecule has 2 aromatic rings. The lowest BCUT2D eigenvalue weighted by atomic mass is 9.95. The summed E-state index contributed by atoms with van der Waals surface area (Å²) in [7, 11) is 0. The molecule has 1 aliphatic rings. The van der Waals surface area contributed by atoms with Crippen molar-refractivity contribution in [3.63, 3.8) is 0 Å². The van der Waals surface area contributed by atoms with Gasteiger partial charge in [-0.1, -0.05) is 0 Å². The zero-order valence-electron chi connectivity index (χ0n) is 14.0. The molecule has 3 rings (SSSR count). The van der Waals surface area contributed by atoms with Crippen molar-refractivity contribution in [2.24, 2.45) is 5.92 Å². The molecule has 0 saturated heterocycles. The molecule has 1 aromatic heterocycles.